The molecule has 0 radical (unpaired) electrons. The summed E-state index contributed by atoms with van der Waals surface area (Å²) < 4.78 is 55.1. The van der Waals surface area contributed by atoms with E-state index >= 15 is 0 Å². The highest BCUT2D eigenvalue weighted by atomic mass is 35.5. The fourth-order valence-corrected chi connectivity index (χ4v) is 6.95. The van der Waals surface area contributed by atoms with E-state index in [-0.39, 0.29) is 41.4 Å². The van der Waals surface area contributed by atoms with E-state index in [4.69, 9.17) is 11.6 Å². The van der Waals surface area contributed by atoms with Crippen molar-refractivity contribution in [3.8, 4) is 0 Å². The van der Waals surface area contributed by atoms with Gasteiger partial charge in [-0.1, -0.05) is 44.5 Å². The van der Waals surface area contributed by atoms with E-state index < -0.39 is 20.0 Å². The van der Waals surface area contributed by atoms with Gasteiger partial charge in [-0.2, -0.15) is 8.61 Å². The highest BCUT2D eigenvalue weighted by Crippen LogP contribution is 2.28. The molecule has 1 fully saturated rings. The summed E-state index contributed by atoms with van der Waals surface area (Å²) >= 11 is 6.10. The summed E-state index contributed by atoms with van der Waals surface area (Å²) in [5, 5.41) is 0.518. The van der Waals surface area contributed by atoms with Crippen LogP contribution < -0.4 is 0 Å². The molecule has 3 rings (SSSR count). The van der Waals surface area contributed by atoms with Gasteiger partial charge in [-0.05, 0) is 60.2 Å². The van der Waals surface area contributed by atoms with Gasteiger partial charge in [-0.25, -0.2) is 16.8 Å². The Balaban J connectivity index is 1.78. The van der Waals surface area contributed by atoms with Gasteiger partial charge in [0, 0.05) is 31.2 Å². The van der Waals surface area contributed by atoms with Crippen LogP contribution in [0.2, 0.25) is 5.02 Å². The fourth-order valence-electron chi connectivity index (χ4n) is 3.60. The maximum Gasteiger partial charge on any atom is 0.243 e. The van der Waals surface area contributed by atoms with Gasteiger partial charge < -0.3 is 0 Å². The predicted molar refractivity (Wildman–Crippen MR) is 124 cm³/mol. The first-order valence-electron chi connectivity index (χ1n) is 10.1. The molecule has 2 aromatic carbocycles. The standard InChI is InChI=1S/C22H29ClN2O4S2/c1-16-15-21(17(2)14-20(16)23)31(28,29)25-12-10-24(11-13-25)30(26,27)19-8-6-18(7-9-19)22(3,4)5/h6-9,14-15H,10-13H2,1-5H3. The Kier molecular flexibility index (Phi) is 6.62. The summed E-state index contributed by atoms with van der Waals surface area (Å²) in [6.07, 6.45) is 0. The molecule has 0 unspecified atom stereocenters. The Hall–Kier alpha value is -1.45. The van der Waals surface area contributed by atoms with E-state index in [9.17, 15) is 16.8 Å². The van der Waals surface area contributed by atoms with Gasteiger partial charge in [0.05, 0.1) is 9.79 Å². The maximum atomic E-state index is 13.1. The van der Waals surface area contributed by atoms with Crippen LogP contribution in [0.1, 0.15) is 37.5 Å². The third kappa shape index (κ3) is 4.83. The topological polar surface area (TPSA) is 74.8 Å². The number of nitrogens with zero attached hydrogens (tertiary/aromatic N) is 2. The Morgan fingerprint density at radius 2 is 1.26 bits per heavy atom. The molecule has 9 heteroatoms. The molecule has 1 aliphatic heterocycles. The van der Waals surface area contributed by atoms with E-state index in [0.717, 1.165) is 5.56 Å². The molecule has 0 saturated carbocycles. The van der Waals surface area contributed by atoms with Crippen molar-refractivity contribution in [3.63, 3.8) is 0 Å². The number of hydrogen-bond donors (Lipinski definition) is 0. The minimum Gasteiger partial charge on any atom is -0.207 e. The lowest BCUT2D eigenvalue weighted by Gasteiger charge is -2.33. The monoisotopic (exact) mass is 484 g/mol. The van der Waals surface area contributed by atoms with Crippen molar-refractivity contribution in [3.05, 3.63) is 58.1 Å². The lowest BCUT2D eigenvalue weighted by Crippen LogP contribution is -2.50. The minimum absolute atomic E-state index is 0.0690. The lowest BCUT2D eigenvalue weighted by molar-refractivity contribution is 0.272. The van der Waals surface area contributed by atoms with E-state index in [2.05, 4.69) is 20.8 Å². The van der Waals surface area contributed by atoms with Gasteiger partial charge in [0.25, 0.3) is 0 Å². The van der Waals surface area contributed by atoms with Crippen LogP contribution in [0.25, 0.3) is 0 Å². The SMILES string of the molecule is Cc1cc(S(=O)(=O)N2CCN(S(=O)(=O)c3ccc(C(C)(C)C)cc3)CC2)c(C)cc1Cl. The van der Waals surface area contributed by atoms with Gasteiger partial charge in [0.1, 0.15) is 0 Å². The Morgan fingerprint density at radius 1 is 0.774 bits per heavy atom. The molecule has 1 heterocycles. The van der Waals surface area contributed by atoms with Crippen molar-refractivity contribution >= 4 is 31.6 Å². The number of hydrogen-bond acceptors (Lipinski definition) is 4. The second-order valence-corrected chi connectivity index (χ2v) is 13.2. The van der Waals surface area contributed by atoms with Crippen LogP contribution in [0.15, 0.2) is 46.2 Å². The van der Waals surface area contributed by atoms with Crippen LogP contribution in [0, 0.1) is 13.8 Å². The van der Waals surface area contributed by atoms with E-state index in [1.807, 2.05) is 12.1 Å². The summed E-state index contributed by atoms with van der Waals surface area (Å²) in [5.74, 6) is 0. The van der Waals surface area contributed by atoms with Crippen molar-refractivity contribution in [1.29, 1.82) is 0 Å². The zero-order valence-electron chi connectivity index (χ0n) is 18.5. The van der Waals surface area contributed by atoms with Crippen LogP contribution in [0.5, 0.6) is 0 Å². The van der Waals surface area contributed by atoms with Crippen LogP contribution >= 0.6 is 11.6 Å². The normalized spacial score (nSPS) is 17.1. The van der Waals surface area contributed by atoms with Crippen molar-refractivity contribution in [2.45, 2.75) is 49.8 Å². The van der Waals surface area contributed by atoms with Crippen LogP contribution in [-0.2, 0) is 25.5 Å². The van der Waals surface area contributed by atoms with Crippen molar-refractivity contribution < 1.29 is 16.8 Å². The van der Waals surface area contributed by atoms with Crippen molar-refractivity contribution in [1.82, 2.24) is 8.61 Å². The average Bonchev–Trinajstić information content (AvgIpc) is 2.70. The van der Waals surface area contributed by atoms with Crippen molar-refractivity contribution in [2.75, 3.05) is 26.2 Å². The van der Waals surface area contributed by atoms with E-state index in [0.29, 0.717) is 16.1 Å². The largest absolute Gasteiger partial charge is 0.243 e. The summed E-state index contributed by atoms with van der Waals surface area (Å²) in [6, 6.07) is 10.1. The number of benzene rings is 2. The fraction of sp³-hybridized carbons (Fsp3) is 0.455. The lowest BCUT2D eigenvalue weighted by atomic mass is 9.87. The van der Waals surface area contributed by atoms with Crippen LogP contribution in [0.4, 0.5) is 0 Å². The number of rotatable bonds is 4. The molecule has 31 heavy (non-hydrogen) atoms. The number of aryl methyl sites for hydroxylation is 2. The van der Waals surface area contributed by atoms with Gasteiger partial charge in [-0.3, -0.25) is 0 Å². The molecule has 1 saturated heterocycles. The third-order valence-corrected chi connectivity index (χ3v) is 9.99. The summed E-state index contributed by atoms with van der Waals surface area (Å²) in [6.45, 7) is 10.1. The first kappa shape index (κ1) is 24.2. The molecule has 0 N–H and O–H groups in total. The number of sulfonamides is 2. The molecule has 6 nitrogen and oxygen atoms in total. The minimum atomic E-state index is -3.73. The first-order valence-corrected chi connectivity index (χ1v) is 13.4. The molecule has 0 bridgehead atoms. The van der Waals surface area contributed by atoms with Gasteiger partial charge in [-0.15, -0.1) is 0 Å². The second-order valence-electron chi connectivity index (χ2n) is 8.95. The van der Waals surface area contributed by atoms with Gasteiger partial charge in [0.15, 0.2) is 0 Å². The molecular weight excluding hydrogens is 456 g/mol. The number of halogens is 1. The summed E-state index contributed by atoms with van der Waals surface area (Å²) in [5.41, 5.74) is 2.24. The average molecular weight is 485 g/mol. The Morgan fingerprint density at radius 3 is 1.74 bits per heavy atom. The van der Waals surface area contributed by atoms with Gasteiger partial charge in [0.2, 0.25) is 20.0 Å². The Labute approximate surface area is 190 Å². The molecule has 0 aliphatic carbocycles. The summed E-state index contributed by atoms with van der Waals surface area (Å²) in [4.78, 5) is 0.435. The van der Waals surface area contributed by atoms with Crippen LogP contribution in [-0.4, -0.2) is 51.6 Å². The highest BCUT2D eigenvalue weighted by Gasteiger charge is 2.34. The predicted octanol–water partition coefficient (Wildman–Crippen LogP) is 3.95. The zero-order valence-corrected chi connectivity index (χ0v) is 20.9. The molecule has 0 spiro atoms. The zero-order chi connectivity index (χ0) is 23.2. The molecule has 1 aliphatic rings. The van der Waals surface area contributed by atoms with E-state index in [1.165, 1.54) is 8.61 Å². The maximum absolute atomic E-state index is 13.1. The van der Waals surface area contributed by atoms with Gasteiger partial charge >= 0.3 is 0 Å². The number of piperazine rings is 1. The van der Waals surface area contributed by atoms with Crippen LogP contribution in [0.3, 0.4) is 0 Å². The molecule has 170 valence electrons. The quantitative estimate of drug-likeness (QED) is 0.658. The third-order valence-electron chi connectivity index (χ3n) is 5.63. The molecule has 0 aromatic heterocycles. The molecule has 0 amide bonds. The first-order chi connectivity index (χ1) is 14.2. The molecule has 0 atom stereocenters. The Bertz CT molecular complexity index is 1180. The second kappa shape index (κ2) is 8.48. The smallest absolute Gasteiger partial charge is 0.207 e. The summed E-state index contributed by atoms with van der Waals surface area (Å²) in [7, 11) is -7.42. The molecule has 2 aromatic rings. The molecular formula is C22H29ClN2O4S2. The van der Waals surface area contributed by atoms with Crippen molar-refractivity contribution in [2.24, 2.45) is 0 Å². The van der Waals surface area contributed by atoms with E-state index in [1.54, 1.807) is 38.1 Å². The highest BCUT2D eigenvalue weighted by molar-refractivity contribution is 7.89.